The molecule has 2 unspecified atom stereocenters. The number of aliphatic carboxylic acids is 2. The fraction of sp³-hybridized carbons (Fsp3) is 0.346. The molecule has 7 heteroatoms. The predicted molar refractivity (Wildman–Crippen MR) is 127 cm³/mol. The third kappa shape index (κ3) is 6.29. The predicted octanol–water partition coefficient (Wildman–Crippen LogP) is 4.14. The zero-order valence-electron chi connectivity index (χ0n) is 19.1. The van der Waals surface area contributed by atoms with Crippen LogP contribution in [0.1, 0.15) is 43.0 Å². The number of hydrogen-bond acceptors (Lipinski definition) is 4. The lowest BCUT2D eigenvalue weighted by atomic mass is 9.96. The van der Waals surface area contributed by atoms with Gasteiger partial charge < -0.3 is 14.8 Å². The summed E-state index contributed by atoms with van der Waals surface area (Å²) < 4.78 is 1.93. The maximum Gasteiger partial charge on any atom is 0.321 e. The summed E-state index contributed by atoms with van der Waals surface area (Å²) in [5, 5.41) is 22.0. The van der Waals surface area contributed by atoms with Gasteiger partial charge in [-0.05, 0) is 35.6 Å². The van der Waals surface area contributed by atoms with Gasteiger partial charge in [0.25, 0.3) is 0 Å². The quantitative estimate of drug-likeness (QED) is 0.384. The minimum Gasteiger partial charge on any atom is -0.480 e. The van der Waals surface area contributed by atoms with Crippen LogP contribution in [0.2, 0.25) is 0 Å². The molecule has 3 N–H and O–H groups in total. The van der Waals surface area contributed by atoms with Gasteiger partial charge in [0.05, 0.1) is 6.33 Å². The summed E-state index contributed by atoms with van der Waals surface area (Å²) >= 11 is 0. The Morgan fingerprint density at radius 3 is 2.42 bits per heavy atom. The molecule has 0 bridgehead atoms. The Morgan fingerprint density at radius 2 is 1.76 bits per heavy atom. The molecule has 1 aromatic heterocycles. The Hall–Kier alpha value is -3.45. The first-order valence-corrected chi connectivity index (χ1v) is 11.2. The molecule has 3 rings (SSSR count). The van der Waals surface area contributed by atoms with E-state index in [0.29, 0.717) is 19.4 Å². The van der Waals surface area contributed by atoms with Crippen LogP contribution in [0.5, 0.6) is 0 Å². The van der Waals surface area contributed by atoms with Gasteiger partial charge in [0, 0.05) is 24.9 Å². The molecule has 0 spiro atoms. The fourth-order valence-corrected chi connectivity index (χ4v) is 3.99. The number of nitrogens with one attached hydrogen (secondary N) is 1. The third-order valence-electron chi connectivity index (χ3n) is 5.93. The molecule has 3 aromatic rings. The van der Waals surface area contributed by atoms with Gasteiger partial charge in [-0.3, -0.25) is 14.9 Å². The van der Waals surface area contributed by atoms with E-state index >= 15 is 0 Å². The smallest absolute Gasteiger partial charge is 0.321 e. The van der Waals surface area contributed by atoms with Crippen molar-refractivity contribution >= 4 is 11.9 Å². The summed E-state index contributed by atoms with van der Waals surface area (Å²) in [6.07, 6.45) is 5.43. The number of hydrogen-bond donors (Lipinski definition) is 3. The molecule has 0 aliphatic rings. The van der Waals surface area contributed by atoms with Crippen molar-refractivity contribution < 1.29 is 19.8 Å². The molecular weight excluding hydrogens is 418 g/mol. The standard InChI is InChI=1S/C26H31N3O4/c1-3-4-13-23(25(30)31)28-24(26(32)33)14-21-15-27-17-29(21)16-20-11-8-12-22(18(20)2)19-9-6-5-7-10-19/h5-12,15,17,23-24,28H,3-4,13-14,16H2,1-2H3,(H,30,31)(H,32,33). The molecule has 174 valence electrons. The molecule has 33 heavy (non-hydrogen) atoms. The number of carboxylic acids is 2. The first-order chi connectivity index (χ1) is 15.9. The highest BCUT2D eigenvalue weighted by Gasteiger charge is 2.26. The second-order valence-corrected chi connectivity index (χ2v) is 8.26. The van der Waals surface area contributed by atoms with Gasteiger partial charge in [-0.25, -0.2) is 4.98 Å². The molecular formula is C26H31N3O4. The number of aromatic nitrogens is 2. The average molecular weight is 450 g/mol. The normalized spacial score (nSPS) is 12.9. The molecule has 0 radical (unpaired) electrons. The van der Waals surface area contributed by atoms with Crippen molar-refractivity contribution in [2.24, 2.45) is 0 Å². The van der Waals surface area contributed by atoms with Crippen LogP contribution in [-0.2, 0) is 22.6 Å². The van der Waals surface area contributed by atoms with Crippen molar-refractivity contribution in [1.29, 1.82) is 0 Å². The van der Waals surface area contributed by atoms with Crippen LogP contribution in [0.3, 0.4) is 0 Å². The van der Waals surface area contributed by atoms with Crippen LogP contribution in [0.4, 0.5) is 0 Å². The second-order valence-electron chi connectivity index (χ2n) is 8.26. The fourth-order valence-electron chi connectivity index (χ4n) is 3.99. The van der Waals surface area contributed by atoms with Gasteiger partial charge in [0.1, 0.15) is 12.1 Å². The average Bonchev–Trinajstić information content (AvgIpc) is 3.24. The lowest BCUT2D eigenvalue weighted by Crippen LogP contribution is -2.48. The van der Waals surface area contributed by atoms with Gasteiger partial charge >= 0.3 is 11.9 Å². The van der Waals surface area contributed by atoms with E-state index in [2.05, 4.69) is 41.5 Å². The van der Waals surface area contributed by atoms with Gasteiger partial charge in [-0.2, -0.15) is 0 Å². The first-order valence-electron chi connectivity index (χ1n) is 11.2. The molecule has 2 atom stereocenters. The molecule has 0 aliphatic heterocycles. The highest BCUT2D eigenvalue weighted by atomic mass is 16.4. The Morgan fingerprint density at radius 1 is 1.03 bits per heavy atom. The molecule has 1 heterocycles. The van der Waals surface area contributed by atoms with E-state index in [1.165, 1.54) is 0 Å². The largest absolute Gasteiger partial charge is 0.480 e. The number of unbranched alkanes of at least 4 members (excludes halogenated alkanes) is 1. The van der Waals surface area contributed by atoms with Gasteiger partial charge in [-0.15, -0.1) is 0 Å². The van der Waals surface area contributed by atoms with Gasteiger partial charge in [-0.1, -0.05) is 68.3 Å². The minimum absolute atomic E-state index is 0.142. The lowest BCUT2D eigenvalue weighted by molar-refractivity contribution is -0.142. The van der Waals surface area contributed by atoms with E-state index in [1.54, 1.807) is 12.5 Å². The van der Waals surface area contributed by atoms with Crippen LogP contribution in [0.15, 0.2) is 61.1 Å². The van der Waals surface area contributed by atoms with Crippen LogP contribution in [-0.4, -0.2) is 43.8 Å². The summed E-state index contributed by atoms with van der Waals surface area (Å²) in [6, 6.07) is 14.4. The number of imidazole rings is 1. The van der Waals surface area contributed by atoms with E-state index in [9.17, 15) is 19.8 Å². The lowest BCUT2D eigenvalue weighted by Gasteiger charge is -2.21. The number of rotatable bonds is 12. The highest BCUT2D eigenvalue weighted by molar-refractivity contribution is 5.77. The maximum atomic E-state index is 11.9. The van der Waals surface area contributed by atoms with Gasteiger partial charge in [0.2, 0.25) is 0 Å². The summed E-state index contributed by atoms with van der Waals surface area (Å²) in [6.45, 7) is 4.61. The van der Waals surface area contributed by atoms with Crippen LogP contribution < -0.4 is 5.32 Å². The number of benzene rings is 2. The second kappa shape index (κ2) is 11.4. The van der Waals surface area contributed by atoms with E-state index in [0.717, 1.165) is 34.4 Å². The van der Waals surface area contributed by atoms with E-state index in [4.69, 9.17) is 0 Å². The maximum absolute atomic E-state index is 11.9. The van der Waals surface area contributed by atoms with Crippen molar-refractivity contribution in [2.75, 3.05) is 0 Å². The summed E-state index contributed by atoms with van der Waals surface area (Å²) in [5.41, 5.74) is 5.30. The molecule has 0 amide bonds. The monoisotopic (exact) mass is 449 g/mol. The number of carbonyl (C=O) groups is 2. The molecule has 0 aliphatic carbocycles. The SMILES string of the molecule is CCCCC(NC(Cc1cncn1Cc1cccc(-c2ccccc2)c1C)C(=O)O)C(=O)O. The molecule has 0 saturated heterocycles. The van der Waals surface area contributed by atoms with Crippen LogP contribution in [0, 0.1) is 6.92 Å². The molecule has 0 fully saturated rings. The molecule has 2 aromatic carbocycles. The molecule has 0 saturated carbocycles. The Balaban J connectivity index is 1.79. The topological polar surface area (TPSA) is 104 Å². The number of nitrogens with zero attached hydrogens (tertiary/aromatic N) is 2. The molecule has 7 nitrogen and oxygen atoms in total. The Kier molecular flexibility index (Phi) is 8.38. The van der Waals surface area contributed by atoms with Crippen molar-refractivity contribution in [3.63, 3.8) is 0 Å². The van der Waals surface area contributed by atoms with Crippen molar-refractivity contribution in [2.45, 2.75) is 58.2 Å². The zero-order valence-corrected chi connectivity index (χ0v) is 19.1. The van der Waals surface area contributed by atoms with Crippen molar-refractivity contribution in [3.8, 4) is 11.1 Å². The number of carboxylic acid groups (broad SMARTS) is 2. The van der Waals surface area contributed by atoms with Crippen molar-refractivity contribution in [1.82, 2.24) is 14.9 Å². The zero-order chi connectivity index (χ0) is 23.8. The van der Waals surface area contributed by atoms with Gasteiger partial charge in [0.15, 0.2) is 0 Å². The van der Waals surface area contributed by atoms with Crippen molar-refractivity contribution in [3.05, 3.63) is 77.9 Å². The third-order valence-corrected chi connectivity index (χ3v) is 5.93. The summed E-state index contributed by atoms with van der Waals surface area (Å²) in [7, 11) is 0. The highest BCUT2D eigenvalue weighted by Crippen LogP contribution is 2.26. The van der Waals surface area contributed by atoms with Crippen LogP contribution in [0.25, 0.3) is 11.1 Å². The minimum atomic E-state index is -1.08. The Labute approximate surface area is 194 Å². The van der Waals surface area contributed by atoms with E-state index in [1.807, 2.05) is 35.8 Å². The van der Waals surface area contributed by atoms with E-state index in [-0.39, 0.29) is 6.42 Å². The summed E-state index contributed by atoms with van der Waals surface area (Å²) in [4.78, 5) is 27.7. The van der Waals surface area contributed by atoms with Crippen LogP contribution >= 0.6 is 0 Å². The van der Waals surface area contributed by atoms with E-state index < -0.39 is 24.0 Å². The first kappa shape index (κ1) is 24.2. The Bertz CT molecular complexity index is 1080. The summed E-state index contributed by atoms with van der Waals surface area (Å²) in [5.74, 6) is -2.11.